The molecule has 0 aliphatic rings. The number of nitrogens with zero attached hydrogens (tertiary/aromatic N) is 1. The average molecular weight is 382 g/mol. The first-order valence-electron chi connectivity index (χ1n) is 8.73. The van der Waals surface area contributed by atoms with Crippen LogP contribution in [0.15, 0.2) is 71.8 Å². The van der Waals surface area contributed by atoms with Gasteiger partial charge in [-0.25, -0.2) is 13.4 Å². The zero-order valence-electron chi connectivity index (χ0n) is 15.6. The Balaban J connectivity index is 1.70. The van der Waals surface area contributed by atoms with Crippen LogP contribution in [0.25, 0.3) is 0 Å². The molecule has 1 aromatic heterocycles. The third-order valence-electron chi connectivity index (χ3n) is 4.47. The van der Waals surface area contributed by atoms with Gasteiger partial charge in [0.25, 0.3) is 10.0 Å². The van der Waals surface area contributed by atoms with Gasteiger partial charge in [-0.3, -0.25) is 4.72 Å². The first-order valence-corrected chi connectivity index (χ1v) is 10.2. The van der Waals surface area contributed by atoms with Crippen molar-refractivity contribution in [3.8, 4) is 0 Å². The molecular weight excluding hydrogens is 358 g/mol. The largest absolute Gasteiger partial charge is 0.377 e. The molecule has 1 heterocycles. The van der Waals surface area contributed by atoms with Gasteiger partial charge in [-0.1, -0.05) is 36.4 Å². The van der Waals surface area contributed by atoms with Crippen molar-refractivity contribution in [1.82, 2.24) is 4.98 Å². The molecule has 3 rings (SSSR count). The number of benzene rings is 2. The van der Waals surface area contributed by atoms with E-state index in [4.69, 9.17) is 0 Å². The van der Waals surface area contributed by atoms with Crippen LogP contribution in [0.4, 0.5) is 11.5 Å². The number of hydrogen-bond acceptors (Lipinski definition) is 4. The predicted molar refractivity (Wildman–Crippen MR) is 109 cm³/mol. The smallest absolute Gasteiger partial charge is 0.263 e. The van der Waals surface area contributed by atoms with Crippen LogP contribution in [0, 0.1) is 13.8 Å². The van der Waals surface area contributed by atoms with E-state index in [1.807, 2.05) is 38.1 Å². The van der Waals surface area contributed by atoms with Crippen molar-refractivity contribution in [2.24, 2.45) is 0 Å². The van der Waals surface area contributed by atoms with Gasteiger partial charge >= 0.3 is 0 Å². The molecule has 0 bridgehead atoms. The van der Waals surface area contributed by atoms with Crippen LogP contribution < -0.4 is 10.0 Å². The van der Waals surface area contributed by atoms with Crippen LogP contribution in [0.2, 0.25) is 0 Å². The first-order chi connectivity index (χ1) is 12.8. The zero-order chi connectivity index (χ0) is 19.4. The summed E-state index contributed by atoms with van der Waals surface area (Å²) in [6.45, 7) is 5.90. The monoisotopic (exact) mass is 381 g/mol. The molecule has 1 atom stereocenters. The third kappa shape index (κ3) is 4.65. The van der Waals surface area contributed by atoms with Crippen molar-refractivity contribution in [1.29, 1.82) is 0 Å². The summed E-state index contributed by atoms with van der Waals surface area (Å²) >= 11 is 0. The standard InChI is InChI=1S/C21H23N3O2S/c1-15-9-11-20(13-16(15)2)27(25,26)24-21-12-10-19(14-22-21)23-17(3)18-7-5-4-6-8-18/h4-14,17,23H,1-3H3,(H,22,24). The Bertz CT molecular complexity index is 1020. The van der Waals surface area contributed by atoms with E-state index >= 15 is 0 Å². The van der Waals surface area contributed by atoms with Crippen LogP contribution in [-0.2, 0) is 10.0 Å². The Morgan fingerprint density at radius 2 is 1.67 bits per heavy atom. The van der Waals surface area contributed by atoms with Gasteiger partial charge < -0.3 is 5.32 Å². The Kier molecular flexibility index (Phi) is 5.46. The molecule has 0 saturated heterocycles. The molecule has 27 heavy (non-hydrogen) atoms. The lowest BCUT2D eigenvalue weighted by Gasteiger charge is -2.16. The second kappa shape index (κ2) is 7.80. The lowest BCUT2D eigenvalue weighted by molar-refractivity contribution is 0.601. The fourth-order valence-corrected chi connectivity index (χ4v) is 3.79. The molecule has 2 aromatic carbocycles. The number of rotatable bonds is 6. The highest BCUT2D eigenvalue weighted by molar-refractivity contribution is 7.92. The molecule has 0 fully saturated rings. The summed E-state index contributed by atoms with van der Waals surface area (Å²) in [6, 6.07) is 18.7. The Morgan fingerprint density at radius 1 is 0.926 bits per heavy atom. The summed E-state index contributed by atoms with van der Waals surface area (Å²) in [6.07, 6.45) is 1.62. The SMILES string of the molecule is Cc1ccc(S(=O)(=O)Nc2ccc(NC(C)c3ccccc3)cn2)cc1C. The molecule has 1 unspecified atom stereocenters. The zero-order valence-corrected chi connectivity index (χ0v) is 16.4. The highest BCUT2D eigenvalue weighted by Gasteiger charge is 2.15. The number of aromatic nitrogens is 1. The molecule has 5 nitrogen and oxygen atoms in total. The minimum absolute atomic E-state index is 0.117. The molecule has 0 saturated carbocycles. The maximum Gasteiger partial charge on any atom is 0.263 e. The summed E-state index contributed by atoms with van der Waals surface area (Å²) < 4.78 is 27.6. The van der Waals surface area contributed by atoms with E-state index in [1.54, 1.807) is 30.5 Å². The number of hydrogen-bond donors (Lipinski definition) is 2. The number of anilines is 2. The van der Waals surface area contributed by atoms with Gasteiger partial charge in [0.1, 0.15) is 5.82 Å². The summed E-state index contributed by atoms with van der Waals surface area (Å²) in [5, 5.41) is 3.35. The number of sulfonamides is 1. The van der Waals surface area contributed by atoms with E-state index in [9.17, 15) is 8.42 Å². The summed E-state index contributed by atoms with van der Waals surface area (Å²) in [4.78, 5) is 4.45. The van der Waals surface area contributed by atoms with E-state index in [2.05, 4.69) is 34.1 Å². The lowest BCUT2D eigenvalue weighted by atomic mass is 10.1. The molecule has 6 heteroatoms. The van der Waals surface area contributed by atoms with E-state index in [0.29, 0.717) is 0 Å². The maximum atomic E-state index is 12.5. The molecule has 0 aliphatic carbocycles. The highest BCUT2D eigenvalue weighted by Crippen LogP contribution is 2.21. The first kappa shape index (κ1) is 18.9. The van der Waals surface area contributed by atoms with E-state index in [1.165, 1.54) is 0 Å². The van der Waals surface area contributed by atoms with Gasteiger partial charge in [-0.15, -0.1) is 0 Å². The molecule has 140 valence electrons. The van der Waals surface area contributed by atoms with E-state index in [-0.39, 0.29) is 16.8 Å². The summed E-state index contributed by atoms with van der Waals surface area (Å²) in [5.41, 5.74) is 3.97. The summed E-state index contributed by atoms with van der Waals surface area (Å²) in [7, 11) is -3.66. The number of aryl methyl sites for hydroxylation is 2. The molecule has 0 aliphatic heterocycles. The predicted octanol–water partition coefficient (Wildman–Crippen LogP) is 4.67. The van der Waals surface area contributed by atoms with Gasteiger partial charge in [-0.2, -0.15) is 0 Å². The van der Waals surface area contributed by atoms with Crippen molar-refractivity contribution in [2.45, 2.75) is 31.7 Å². The van der Waals surface area contributed by atoms with Gasteiger partial charge in [-0.05, 0) is 61.7 Å². The minimum atomic E-state index is -3.66. The molecule has 0 radical (unpaired) electrons. The van der Waals surface area contributed by atoms with E-state index in [0.717, 1.165) is 22.4 Å². The van der Waals surface area contributed by atoms with Crippen LogP contribution in [0.5, 0.6) is 0 Å². The second-order valence-corrected chi connectivity index (χ2v) is 8.24. The van der Waals surface area contributed by atoms with Gasteiger partial charge in [0.05, 0.1) is 16.8 Å². The summed E-state index contributed by atoms with van der Waals surface area (Å²) in [5.74, 6) is 0.283. The Labute approximate surface area is 160 Å². The van der Waals surface area contributed by atoms with Crippen LogP contribution in [0.1, 0.15) is 29.7 Å². The Hall–Kier alpha value is -2.86. The van der Waals surface area contributed by atoms with Crippen molar-refractivity contribution < 1.29 is 8.42 Å². The third-order valence-corrected chi connectivity index (χ3v) is 5.83. The molecular formula is C21H23N3O2S. The molecule has 0 spiro atoms. The minimum Gasteiger partial charge on any atom is -0.377 e. The fraction of sp³-hybridized carbons (Fsp3) is 0.190. The van der Waals surface area contributed by atoms with Gasteiger partial charge in [0.15, 0.2) is 0 Å². The quantitative estimate of drug-likeness (QED) is 0.651. The molecule has 2 N–H and O–H groups in total. The number of pyridine rings is 1. The van der Waals surface area contributed by atoms with E-state index < -0.39 is 10.0 Å². The maximum absolute atomic E-state index is 12.5. The van der Waals surface area contributed by atoms with Gasteiger partial charge in [0, 0.05) is 6.04 Å². The molecule has 0 amide bonds. The Morgan fingerprint density at radius 3 is 2.30 bits per heavy atom. The lowest BCUT2D eigenvalue weighted by Crippen LogP contribution is -2.14. The van der Waals surface area contributed by atoms with Crippen LogP contribution in [-0.4, -0.2) is 13.4 Å². The fourth-order valence-electron chi connectivity index (χ4n) is 2.69. The topological polar surface area (TPSA) is 71.1 Å². The molecule has 3 aromatic rings. The second-order valence-electron chi connectivity index (χ2n) is 6.56. The van der Waals surface area contributed by atoms with Gasteiger partial charge in [0.2, 0.25) is 0 Å². The van der Waals surface area contributed by atoms with Crippen LogP contribution >= 0.6 is 0 Å². The normalized spacial score (nSPS) is 12.4. The van der Waals surface area contributed by atoms with Crippen LogP contribution in [0.3, 0.4) is 0 Å². The highest BCUT2D eigenvalue weighted by atomic mass is 32.2. The van der Waals surface area contributed by atoms with Crippen molar-refractivity contribution in [2.75, 3.05) is 10.0 Å². The van der Waals surface area contributed by atoms with Crippen molar-refractivity contribution in [3.63, 3.8) is 0 Å². The average Bonchev–Trinajstić information content (AvgIpc) is 2.66. The number of nitrogens with one attached hydrogen (secondary N) is 2. The van der Waals surface area contributed by atoms with Crippen molar-refractivity contribution in [3.05, 3.63) is 83.6 Å². The van der Waals surface area contributed by atoms with Crippen molar-refractivity contribution >= 4 is 21.5 Å².